The predicted molar refractivity (Wildman–Crippen MR) is 98.4 cm³/mol. The molecule has 0 spiro atoms. The number of morpholine rings is 1. The van der Waals surface area contributed by atoms with E-state index in [2.05, 4.69) is 30.7 Å². The topological polar surface area (TPSA) is 93.7 Å². The minimum absolute atomic E-state index is 0.477. The van der Waals surface area contributed by atoms with Gasteiger partial charge in [-0.1, -0.05) is 0 Å². The van der Waals surface area contributed by atoms with Crippen LogP contribution in [0.5, 0.6) is 11.5 Å². The summed E-state index contributed by atoms with van der Waals surface area (Å²) in [5.41, 5.74) is 0.742. The highest BCUT2D eigenvalue weighted by atomic mass is 16.5. The van der Waals surface area contributed by atoms with Gasteiger partial charge in [0.2, 0.25) is 5.95 Å². The van der Waals surface area contributed by atoms with Gasteiger partial charge < -0.3 is 24.8 Å². The second-order valence-electron chi connectivity index (χ2n) is 5.74. The number of methoxy groups -OCH3 is 2. The molecule has 0 radical (unpaired) electrons. The lowest BCUT2D eigenvalue weighted by Crippen LogP contribution is -2.39. The Hall–Kier alpha value is -2.65. The lowest BCUT2D eigenvalue weighted by molar-refractivity contribution is 0.0398. The molecule has 1 saturated heterocycles. The number of benzene rings is 1. The van der Waals surface area contributed by atoms with Crippen molar-refractivity contribution >= 4 is 17.5 Å². The number of hydrogen-bond donors (Lipinski definition) is 2. The third kappa shape index (κ3) is 4.93. The molecule has 9 heteroatoms. The van der Waals surface area contributed by atoms with Gasteiger partial charge in [0.15, 0.2) is 5.82 Å². The molecule has 140 valence electrons. The van der Waals surface area contributed by atoms with Crippen LogP contribution in [0, 0.1) is 0 Å². The maximum absolute atomic E-state index is 5.37. The highest BCUT2D eigenvalue weighted by Gasteiger charge is 2.10. The largest absolute Gasteiger partial charge is 0.497 e. The first-order chi connectivity index (χ1) is 12.8. The number of nitrogens with one attached hydrogen (secondary N) is 2. The van der Waals surface area contributed by atoms with E-state index < -0.39 is 0 Å². The second-order valence-corrected chi connectivity index (χ2v) is 5.74. The molecule has 1 fully saturated rings. The Morgan fingerprint density at radius 1 is 1.19 bits per heavy atom. The molecule has 2 N–H and O–H groups in total. The summed E-state index contributed by atoms with van der Waals surface area (Å²) in [5, 5.41) is 14.4. The van der Waals surface area contributed by atoms with Gasteiger partial charge in [-0.05, 0) is 12.1 Å². The van der Waals surface area contributed by atoms with Crippen LogP contribution in [0.1, 0.15) is 0 Å². The summed E-state index contributed by atoms with van der Waals surface area (Å²) >= 11 is 0. The van der Waals surface area contributed by atoms with Crippen molar-refractivity contribution in [1.82, 2.24) is 20.1 Å². The van der Waals surface area contributed by atoms with Crippen LogP contribution in [-0.2, 0) is 4.74 Å². The molecule has 0 saturated carbocycles. The Bertz CT molecular complexity index is 709. The van der Waals surface area contributed by atoms with Crippen LogP contribution in [0.15, 0.2) is 24.4 Å². The number of hydrogen-bond acceptors (Lipinski definition) is 9. The number of anilines is 3. The molecule has 0 aliphatic carbocycles. The summed E-state index contributed by atoms with van der Waals surface area (Å²) in [6.07, 6.45) is 1.56. The van der Waals surface area contributed by atoms with Gasteiger partial charge in [-0.15, -0.1) is 5.10 Å². The van der Waals surface area contributed by atoms with Crippen LogP contribution >= 0.6 is 0 Å². The van der Waals surface area contributed by atoms with Crippen molar-refractivity contribution in [3.8, 4) is 11.5 Å². The van der Waals surface area contributed by atoms with Gasteiger partial charge in [-0.3, -0.25) is 4.90 Å². The van der Waals surface area contributed by atoms with Gasteiger partial charge in [-0.2, -0.15) is 10.1 Å². The third-order valence-electron chi connectivity index (χ3n) is 4.04. The molecule has 0 amide bonds. The molecule has 0 bridgehead atoms. The number of nitrogens with zero attached hydrogens (tertiary/aromatic N) is 4. The standard InChI is InChI=1S/C17H24N6O3/c1-24-13-3-4-15(25-2)14(11-13)20-16-12-19-22-17(21-16)18-5-6-23-7-9-26-10-8-23/h3-4,11-12H,5-10H2,1-2H3,(H2,18,20,21,22). The first-order valence-electron chi connectivity index (χ1n) is 8.51. The molecule has 0 unspecified atom stereocenters. The monoisotopic (exact) mass is 360 g/mol. The molecule has 26 heavy (non-hydrogen) atoms. The first-order valence-corrected chi connectivity index (χ1v) is 8.51. The van der Waals surface area contributed by atoms with Crippen LogP contribution < -0.4 is 20.1 Å². The normalized spacial score (nSPS) is 14.7. The van der Waals surface area contributed by atoms with Crippen molar-refractivity contribution in [2.24, 2.45) is 0 Å². The molecule has 3 rings (SSSR count). The van der Waals surface area contributed by atoms with E-state index in [1.807, 2.05) is 18.2 Å². The van der Waals surface area contributed by atoms with Crippen LogP contribution in [0.4, 0.5) is 17.5 Å². The lowest BCUT2D eigenvalue weighted by atomic mass is 10.2. The molecule has 1 aromatic heterocycles. The number of ether oxygens (including phenoxy) is 3. The van der Waals surface area contributed by atoms with Crippen molar-refractivity contribution in [2.45, 2.75) is 0 Å². The summed E-state index contributed by atoms with van der Waals surface area (Å²) < 4.78 is 16.0. The summed E-state index contributed by atoms with van der Waals surface area (Å²) in [7, 11) is 3.23. The van der Waals surface area contributed by atoms with Crippen molar-refractivity contribution in [3.63, 3.8) is 0 Å². The maximum Gasteiger partial charge on any atom is 0.244 e. The number of rotatable bonds is 8. The van der Waals surface area contributed by atoms with E-state index >= 15 is 0 Å². The Morgan fingerprint density at radius 2 is 2.04 bits per heavy atom. The van der Waals surface area contributed by atoms with E-state index in [1.165, 1.54) is 0 Å². The lowest BCUT2D eigenvalue weighted by Gasteiger charge is -2.26. The Morgan fingerprint density at radius 3 is 2.81 bits per heavy atom. The molecule has 2 aromatic rings. The average Bonchev–Trinajstić information content (AvgIpc) is 2.69. The van der Waals surface area contributed by atoms with Gasteiger partial charge in [0, 0.05) is 32.2 Å². The molecule has 1 aliphatic heterocycles. The van der Waals surface area contributed by atoms with E-state index in [9.17, 15) is 0 Å². The van der Waals surface area contributed by atoms with E-state index in [1.54, 1.807) is 20.4 Å². The van der Waals surface area contributed by atoms with E-state index in [0.717, 1.165) is 50.8 Å². The summed E-state index contributed by atoms with van der Waals surface area (Å²) in [5.74, 6) is 2.45. The third-order valence-corrected chi connectivity index (χ3v) is 4.04. The quantitative estimate of drug-likeness (QED) is 0.724. The van der Waals surface area contributed by atoms with Crippen LogP contribution in [0.2, 0.25) is 0 Å². The Kier molecular flexibility index (Phi) is 6.39. The summed E-state index contributed by atoms with van der Waals surface area (Å²) in [6, 6.07) is 5.50. The fourth-order valence-electron chi connectivity index (χ4n) is 2.64. The minimum Gasteiger partial charge on any atom is -0.497 e. The zero-order valence-electron chi connectivity index (χ0n) is 15.1. The fourth-order valence-corrected chi connectivity index (χ4v) is 2.64. The van der Waals surface area contributed by atoms with E-state index in [0.29, 0.717) is 17.5 Å². The smallest absolute Gasteiger partial charge is 0.244 e. The highest BCUT2D eigenvalue weighted by Crippen LogP contribution is 2.30. The average molecular weight is 360 g/mol. The number of aromatic nitrogens is 3. The predicted octanol–water partition coefficient (Wildman–Crippen LogP) is 1.38. The summed E-state index contributed by atoms with van der Waals surface area (Å²) in [4.78, 5) is 6.79. The highest BCUT2D eigenvalue weighted by molar-refractivity contribution is 5.66. The van der Waals surface area contributed by atoms with Crippen LogP contribution in [0.3, 0.4) is 0 Å². The first kappa shape index (κ1) is 18.2. The Balaban J connectivity index is 1.60. The SMILES string of the molecule is COc1ccc(OC)c(Nc2cnnc(NCCN3CCOCC3)n2)c1. The summed E-state index contributed by atoms with van der Waals surface area (Å²) in [6.45, 7) is 5.15. The molecular formula is C17H24N6O3. The Labute approximate surface area is 152 Å². The van der Waals surface area contributed by atoms with Crippen molar-refractivity contribution in [3.05, 3.63) is 24.4 Å². The molecule has 1 aliphatic rings. The van der Waals surface area contributed by atoms with Gasteiger partial charge in [-0.25, -0.2) is 0 Å². The van der Waals surface area contributed by atoms with Gasteiger partial charge in [0.25, 0.3) is 0 Å². The zero-order valence-corrected chi connectivity index (χ0v) is 15.1. The van der Waals surface area contributed by atoms with Crippen LogP contribution in [-0.4, -0.2) is 73.7 Å². The van der Waals surface area contributed by atoms with Gasteiger partial charge >= 0.3 is 0 Å². The van der Waals surface area contributed by atoms with Crippen molar-refractivity contribution in [2.75, 3.05) is 64.2 Å². The fraction of sp³-hybridized carbons (Fsp3) is 0.471. The molecule has 2 heterocycles. The zero-order chi connectivity index (χ0) is 18.2. The van der Waals surface area contributed by atoms with Crippen molar-refractivity contribution < 1.29 is 14.2 Å². The maximum atomic E-state index is 5.37. The molecule has 0 atom stereocenters. The molecule has 9 nitrogen and oxygen atoms in total. The van der Waals surface area contributed by atoms with Crippen LogP contribution in [0.25, 0.3) is 0 Å². The molecule has 1 aromatic carbocycles. The van der Waals surface area contributed by atoms with E-state index in [-0.39, 0.29) is 0 Å². The second kappa shape index (κ2) is 9.16. The van der Waals surface area contributed by atoms with Crippen molar-refractivity contribution in [1.29, 1.82) is 0 Å². The molecular weight excluding hydrogens is 336 g/mol. The van der Waals surface area contributed by atoms with Gasteiger partial charge in [0.05, 0.1) is 39.3 Å². The van der Waals surface area contributed by atoms with E-state index in [4.69, 9.17) is 14.2 Å². The van der Waals surface area contributed by atoms with Gasteiger partial charge in [0.1, 0.15) is 11.5 Å². The minimum atomic E-state index is 0.477.